The average molecular weight is 240 g/mol. The number of hydrogen-bond donors (Lipinski definition) is 1. The van der Waals surface area contributed by atoms with E-state index in [1.807, 2.05) is 11.8 Å². The third-order valence-corrected chi connectivity index (χ3v) is 3.76. The zero-order valence-electron chi connectivity index (χ0n) is 10.2. The van der Waals surface area contributed by atoms with E-state index in [0.29, 0.717) is 11.6 Å². The Morgan fingerprint density at radius 3 is 2.71 bits per heavy atom. The van der Waals surface area contributed by atoms with E-state index in [2.05, 4.69) is 6.92 Å². The fourth-order valence-corrected chi connectivity index (χ4v) is 2.50. The van der Waals surface area contributed by atoms with Gasteiger partial charge in [-0.15, -0.1) is 0 Å². The standard InChI is InChI=1S/C13H18F2N2/c1-8-4-3-7-17(9(8)2)13-11(16)6-5-10(14)12(13)15/h5-6,8-9H,3-4,7,16H2,1-2H3. The number of anilines is 2. The van der Waals surface area contributed by atoms with Crippen LogP contribution in [0.1, 0.15) is 26.7 Å². The van der Waals surface area contributed by atoms with Gasteiger partial charge in [0, 0.05) is 12.6 Å². The second-order valence-electron chi connectivity index (χ2n) is 4.85. The van der Waals surface area contributed by atoms with Gasteiger partial charge >= 0.3 is 0 Å². The molecule has 2 N–H and O–H groups in total. The van der Waals surface area contributed by atoms with Crippen molar-refractivity contribution in [3.05, 3.63) is 23.8 Å². The van der Waals surface area contributed by atoms with Crippen LogP contribution in [0.4, 0.5) is 20.2 Å². The lowest BCUT2D eigenvalue weighted by Crippen LogP contribution is -2.43. The number of nitrogens with zero attached hydrogens (tertiary/aromatic N) is 1. The van der Waals surface area contributed by atoms with Crippen molar-refractivity contribution in [1.82, 2.24) is 0 Å². The monoisotopic (exact) mass is 240 g/mol. The molecule has 0 aliphatic carbocycles. The summed E-state index contributed by atoms with van der Waals surface area (Å²) in [4.78, 5) is 1.89. The van der Waals surface area contributed by atoms with Gasteiger partial charge in [-0.25, -0.2) is 8.78 Å². The number of nitrogens with two attached hydrogens (primary N) is 1. The minimum Gasteiger partial charge on any atom is -0.397 e. The van der Waals surface area contributed by atoms with Crippen LogP contribution in [0.5, 0.6) is 0 Å². The summed E-state index contributed by atoms with van der Waals surface area (Å²) in [6.07, 6.45) is 2.11. The van der Waals surface area contributed by atoms with Gasteiger partial charge in [0.25, 0.3) is 0 Å². The van der Waals surface area contributed by atoms with E-state index in [-0.39, 0.29) is 11.7 Å². The molecule has 1 heterocycles. The molecule has 4 heteroatoms. The molecule has 94 valence electrons. The first-order valence-corrected chi connectivity index (χ1v) is 6.02. The van der Waals surface area contributed by atoms with Crippen LogP contribution in [0.3, 0.4) is 0 Å². The molecule has 0 aromatic heterocycles. The number of nitrogen functional groups attached to an aromatic ring is 1. The van der Waals surface area contributed by atoms with E-state index in [1.165, 1.54) is 6.07 Å². The van der Waals surface area contributed by atoms with Crippen molar-refractivity contribution in [2.75, 3.05) is 17.2 Å². The molecule has 0 spiro atoms. The van der Waals surface area contributed by atoms with E-state index >= 15 is 0 Å². The highest BCUT2D eigenvalue weighted by Gasteiger charge is 2.28. The predicted octanol–water partition coefficient (Wildman–Crippen LogP) is 3.17. The molecule has 0 bridgehead atoms. The van der Waals surface area contributed by atoms with Gasteiger partial charge in [0.15, 0.2) is 11.6 Å². The maximum Gasteiger partial charge on any atom is 0.184 e. The van der Waals surface area contributed by atoms with E-state index in [0.717, 1.165) is 25.5 Å². The third kappa shape index (κ3) is 2.08. The van der Waals surface area contributed by atoms with Crippen molar-refractivity contribution in [2.45, 2.75) is 32.7 Å². The highest BCUT2D eigenvalue weighted by molar-refractivity contribution is 5.69. The topological polar surface area (TPSA) is 29.3 Å². The average Bonchev–Trinajstić information content (AvgIpc) is 2.30. The molecule has 2 unspecified atom stereocenters. The number of benzene rings is 1. The Hall–Kier alpha value is -1.32. The lowest BCUT2D eigenvalue weighted by Gasteiger charge is -2.40. The molecule has 0 radical (unpaired) electrons. The summed E-state index contributed by atoms with van der Waals surface area (Å²) >= 11 is 0. The van der Waals surface area contributed by atoms with E-state index in [1.54, 1.807) is 0 Å². The number of rotatable bonds is 1. The third-order valence-electron chi connectivity index (χ3n) is 3.76. The molecule has 1 fully saturated rings. The van der Waals surface area contributed by atoms with Crippen LogP contribution in [0.15, 0.2) is 12.1 Å². The maximum absolute atomic E-state index is 13.9. The van der Waals surface area contributed by atoms with E-state index in [4.69, 9.17) is 5.73 Å². The predicted molar refractivity (Wildman–Crippen MR) is 66.0 cm³/mol. The van der Waals surface area contributed by atoms with Gasteiger partial charge < -0.3 is 10.6 Å². The molecular formula is C13H18F2N2. The molecule has 2 atom stereocenters. The number of halogens is 2. The minimum atomic E-state index is -0.834. The van der Waals surface area contributed by atoms with Gasteiger partial charge in [-0.05, 0) is 37.8 Å². The van der Waals surface area contributed by atoms with Crippen LogP contribution >= 0.6 is 0 Å². The lowest BCUT2D eigenvalue weighted by atomic mass is 9.91. The largest absolute Gasteiger partial charge is 0.397 e. The van der Waals surface area contributed by atoms with Gasteiger partial charge in [0.1, 0.15) is 0 Å². The highest BCUT2D eigenvalue weighted by atomic mass is 19.2. The van der Waals surface area contributed by atoms with Crippen LogP contribution in [0, 0.1) is 17.6 Å². The molecule has 1 aliphatic rings. The number of hydrogen-bond acceptors (Lipinski definition) is 2. The van der Waals surface area contributed by atoms with Gasteiger partial charge in [0.05, 0.1) is 11.4 Å². The first kappa shape index (κ1) is 12.1. The smallest absolute Gasteiger partial charge is 0.184 e. The van der Waals surface area contributed by atoms with Crippen LogP contribution in [0.2, 0.25) is 0 Å². The SMILES string of the molecule is CC1CCCN(c2c(N)ccc(F)c2F)C1C. The number of piperidine rings is 1. The zero-order valence-corrected chi connectivity index (χ0v) is 10.2. The summed E-state index contributed by atoms with van der Waals surface area (Å²) in [6, 6.07) is 2.69. The van der Waals surface area contributed by atoms with Gasteiger partial charge in [-0.1, -0.05) is 6.92 Å². The van der Waals surface area contributed by atoms with Crippen molar-refractivity contribution in [3.63, 3.8) is 0 Å². The van der Waals surface area contributed by atoms with Crippen molar-refractivity contribution >= 4 is 11.4 Å². The van der Waals surface area contributed by atoms with Crippen molar-refractivity contribution in [1.29, 1.82) is 0 Å². The Morgan fingerprint density at radius 2 is 2.00 bits per heavy atom. The summed E-state index contributed by atoms with van der Waals surface area (Å²) in [7, 11) is 0. The molecule has 2 nitrogen and oxygen atoms in total. The van der Waals surface area contributed by atoms with Crippen LogP contribution < -0.4 is 10.6 Å². The Morgan fingerprint density at radius 1 is 1.29 bits per heavy atom. The fourth-order valence-electron chi connectivity index (χ4n) is 2.50. The first-order chi connectivity index (χ1) is 8.02. The van der Waals surface area contributed by atoms with Crippen LogP contribution in [0.25, 0.3) is 0 Å². The molecule has 1 aromatic rings. The molecular weight excluding hydrogens is 222 g/mol. The summed E-state index contributed by atoms with van der Waals surface area (Å²) in [5.41, 5.74) is 6.32. The molecule has 1 saturated heterocycles. The Kier molecular flexibility index (Phi) is 3.22. The van der Waals surface area contributed by atoms with Crippen molar-refractivity contribution in [2.24, 2.45) is 5.92 Å². The van der Waals surface area contributed by atoms with Crippen LogP contribution in [-0.4, -0.2) is 12.6 Å². The minimum absolute atomic E-state index is 0.183. The summed E-state index contributed by atoms with van der Waals surface area (Å²) in [5, 5.41) is 0. The summed E-state index contributed by atoms with van der Waals surface area (Å²) < 4.78 is 27.1. The zero-order chi connectivity index (χ0) is 12.6. The van der Waals surface area contributed by atoms with Crippen molar-refractivity contribution in [3.8, 4) is 0 Å². The summed E-state index contributed by atoms with van der Waals surface area (Å²) in [5.74, 6) is -1.20. The molecule has 17 heavy (non-hydrogen) atoms. The molecule has 1 aromatic carbocycles. The van der Waals surface area contributed by atoms with Crippen molar-refractivity contribution < 1.29 is 8.78 Å². The van der Waals surface area contributed by atoms with Crippen LogP contribution in [-0.2, 0) is 0 Å². The molecule has 0 amide bonds. The fraction of sp³-hybridized carbons (Fsp3) is 0.538. The van der Waals surface area contributed by atoms with Gasteiger partial charge in [0.2, 0.25) is 0 Å². The molecule has 1 aliphatic heterocycles. The second-order valence-corrected chi connectivity index (χ2v) is 4.85. The van der Waals surface area contributed by atoms with E-state index in [9.17, 15) is 8.78 Å². The lowest BCUT2D eigenvalue weighted by molar-refractivity contribution is 0.359. The first-order valence-electron chi connectivity index (χ1n) is 6.02. The Balaban J connectivity index is 2.42. The summed E-state index contributed by atoms with van der Waals surface area (Å²) in [6.45, 7) is 4.90. The molecule has 0 saturated carbocycles. The van der Waals surface area contributed by atoms with Gasteiger partial charge in [-0.2, -0.15) is 0 Å². The van der Waals surface area contributed by atoms with Gasteiger partial charge in [-0.3, -0.25) is 0 Å². The Bertz CT molecular complexity index is 420. The normalized spacial score (nSPS) is 25.1. The second kappa shape index (κ2) is 4.51. The van der Waals surface area contributed by atoms with E-state index < -0.39 is 11.6 Å². The maximum atomic E-state index is 13.9. The Labute approximate surface area is 100 Å². The highest BCUT2D eigenvalue weighted by Crippen LogP contribution is 2.35. The molecule has 2 rings (SSSR count). The quantitative estimate of drug-likeness (QED) is 0.764.